The first-order chi connectivity index (χ1) is 10.3. The summed E-state index contributed by atoms with van der Waals surface area (Å²) >= 11 is 5.64. The Bertz CT molecular complexity index is 786. The van der Waals surface area contributed by atoms with Crippen LogP contribution in [-0.4, -0.2) is 19.5 Å². The van der Waals surface area contributed by atoms with Gasteiger partial charge in [0, 0.05) is 10.7 Å². The van der Waals surface area contributed by atoms with Crippen molar-refractivity contribution in [2.24, 2.45) is 0 Å². The molecule has 0 fully saturated rings. The van der Waals surface area contributed by atoms with Gasteiger partial charge in [-0.1, -0.05) is 23.7 Å². The maximum absolute atomic E-state index is 13.2. The van der Waals surface area contributed by atoms with E-state index in [-0.39, 0.29) is 22.0 Å². The molecule has 0 aliphatic carbocycles. The molecule has 22 heavy (non-hydrogen) atoms. The fourth-order valence-electron chi connectivity index (χ4n) is 1.76. The second-order valence-corrected chi connectivity index (χ2v) is 6.60. The number of halogens is 2. The van der Waals surface area contributed by atoms with Crippen molar-refractivity contribution >= 4 is 33.3 Å². The molecule has 2 aromatic rings. The average molecular weight is 344 g/mol. The second-order valence-electron chi connectivity index (χ2n) is 4.48. The maximum atomic E-state index is 13.2. The van der Waals surface area contributed by atoms with Crippen LogP contribution in [0.2, 0.25) is 5.02 Å². The number of sulfonamides is 1. The number of anilines is 1. The number of aliphatic carboxylic acids is 1. The molecule has 8 heteroatoms. The highest BCUT2D eigenvalue weighted by molar-refractivity contribution is 7.92. The first-order valence-electron chi connectivity index (χ1n) is 6.06. The summed E-state index contributed by atoms with van der Waals surface area (Å²) in [5.74, 6) is -1.74. The van der Waals surface area contributed by atoms with Crippen molar-refractivity contribution in [2.75, 3.05) is 4.72 Å². The van der Waals surface area contributed by atoms with Crippen molar-refractivity contribution in [3.05, 3.63) is 58.9 Å². The zero-order chi connectivity index (χ0) is 16.3. The molecule has 0 atom stereocenters. The molecule has 0 radical (unpaired) electrons. The first kappa shape index (κ1) is 16.3. The standard InChI is InChI=1S/C14H11ClFNO4S/c15-10-6-11(16)8-13(7-10)22(20,21)17-12-3-1-9(2-4-12)5-14(18)19/h1-4,6-8,17H,5H2,(H,18,19). The molecule has 0 saturated heterocycles. The van der Waals surface area contributed by atoms with Gasteiger partial charge in [0.25, 0.3) is 10.0 Å². The number of hydrogen-bond donors (Lipinski definition) is 2. The van der Waals surface area contributed by atoms with E-state index in [1.807, 2.05) is 0 Å². The molecule has 0 aliphatic heterocycles. The molecule has 0 aliphatic rings. The smallest absolute Gasteiger partial charge is 0.307 e. The topological polar surface area (TPSA) is 83.5 Å². The minimum absolute atomic E-state index is 0.0304. The summed E-state index contributed by atoms with van der Waals surface area (Å²) in [5.41, 5.74) is 0.763. The molecule has 5 nitrogen and oxygen atoms in total. The van der Waals surface area contributed by atoms with E-state index < -0.39 is 21.8 Å². The van der Waals surface area contributed by atoms with E-state index >= 15 is 0 Å². The Labute approximate surface area is 131 Å². The second kappa shape index (κ2) is 6.33. The lowest BCUT2D eigenvalue weighted by Gasteiger charge is -2.09. The predicted octanol–water partition coefficient (Wildman–Crippen LogP) is 2.91. The van der Waals surface area contributed by atoms with E-state index in [1.54, 1.807) is 0 Å². The molecule has 2 N–H and O–H groups in total. The van der Waals surface area contributed by atoms with E-state index in [0.717, 1.165) is 18.2 Å². The summed E-state index contributed by atoms with van der Waals surface area (Å²) in [6.07, 6.45) is -0.160. The number of benzene rings is 2. The number of carboxylic acids is 1. The lowest BCUT2D eigenvalue weighted by Crippen LogP contribution is -2.13. The fourth-order valence-corrected chi connectivity index (χ4v) is 3.16. The fraction of sp³-hybridized carbons (Fsp3) is 0.0714. The molecule has 2 rings (SSSR count). The van der Waals surface area contributed by atoms with Gasteiger partial charge < -0.3 is 5.11 Å². The predicted molar refractivity (Wildman–Crippen MR) is 80.0 cm³/mol. The van der Waals surface area contributed by atoms with Gasteiger partial charge in [0.15, 0.2) is 0 Å². The van der Waals surface area contributed by atoms with Crippen LogP contribution in [0.15, 0.2) is 47.4 Å². The molecule has 0 amide bonds. The van der Waals surface area contributed by atoms with Gasteiger partial charge in [-0.3, -0.25) is 9.52 Å². The van der Waals surface area contributed by atoms with Gasteiger partial charge in [0.2, 0.25) is 0 Å². The Kier molecular flexibility index (Phi) is 4.68. The van der Waals surface area contributed by atoms with Crippen LogP contribution in [0, 0.1) is 5.82 Å². The summed E-state index contributed by atoms with van der Waals surface area (Å²) in [7, 11) is -3.99. The molecule has 2 aromatic carbocycles. The van der Waals surface area contributed by atoms with Gasteiger partial charge in [-0.05, 0) is 35.9 Å². The Morgan fingerprint density at radius 1 is 1.18 bits per heavy atom. The molecule has 116 valence electrons. The van der Waals surface area contributed by atoms with Crippen molar-refractivity contribution < 1.29 is 22.7 Å². The Morgan fingerprint density at radius 2 is 1.82 bits per heavy atom. The third kappa shape index (κ3) is 4.19. The molecule has 0 heterocycles. The quantitative estimate of drug-likeness (QED) is 0.874. The Morgan fingerprint density at radius 3 is 2.36 bits per heavy atom. The van der Waals surface area contributed by atoms with Gasteiger partial charge >= 0.3 is 5.97 Å². The van der Waals surface area contributed by atoms with Crippen molar-refractivity contribution in [1.82, 2.24) is 0 Å². The Hall–Kier alpha value is -2.12. The summed E-state index contributed by atoms with van der Waals surface area (Å²) in [6.45, 7) is 0. The summed E-state index contributed by atoms with van der Waals surface area (Å²) in [5, 5.41) is 8.63. The lowest BCUT2D eigenvalue weighted by atomic mass is 10.1. The number of carboxylic acid groups (broad SMARTS) is 1. The molecular weight excluding hydrogens is 333 g/mol. The first-order valence-corrected chi connectivity index (χ1v) is 7.92. The highest BCUT2D eigenvalue weighted by atomic mass is 35.5. The van der Waals surface area contributed by atoms with Gasteiger partial charge in [0.05, 0.1) is 11.3 Å². The largest absolute Gasteiger partial charge is 0.481 e. The molecule has 0 unspecified atom stereocenters. The maximum Gasteiger partial charge on any atom is 0.307 e. The van der Waals surface area contributed by atoms with E-state index in [4.69, 9.17) is 16.7 Å². The van der Waals surface area contributed by atoms with Crippen LogP contribution in [0.3, 0.4) is 0 Å². The number of rotatable bonds is 5. The van der Waals surface area contributed by atoms with Crippen LogP contribution in [0.5, 0.6) is 0 Å². The monoisotopic (exact) mass is 343 g/mol. The number of carbonyl (C=O) groups is 1. The average Bonchev–Trinajstić information content (AvgIpc) is 2.39. The van der Waals surface area contributed by atoms with Crippen LogP contribution >= 0.6 is 11.6 Å². The van der Waals surface area contributed by atoms with Crippen molar-refractivity contribution in [2.45, 2.75) is 11.3 Å². The SMILES string of the molecule is O=C(O)Cc1ccc(NS(=O)(=O)c2cc(F)cc(Cl)c2)cc1. The van der Waals surface area contributed by atoms with Crippen LogP contribution in [-0.2, 0) is 21.2 Å². The van der Waals surface area contributed by atoms with Crippen molar-refractivity contribution in [3.63, 3.8) is 0 Å². The van der Waals surface area contributed by atoms with Gasteiger partial charge in [-0.2, -0.15) is 0 Å². The molecule has 0 spiro atoms. The van der Waals surface area contributed by atoms with Crippen LogP contribution in [0.1, 0.15) is 5.56 Å². The Balaban J connectivity index is 2.23. The molecule has 0 aromatic heterocycles. The zero-order valence-electron chi connectivity index (χ0n) is 11.1. The zero-order valence-corrected chi connectivity index (χ0v) is 12.7. The van der Waals surface area contributed by atoms with Crippen LogP contribution in [0.4, 0.5) is 10.1 Å². The van der Waals surface area contributed by atoms with E-state index in [2.05, 4.69) is 4.72 Å². The van der Waals surface area contributed by atoms with Crippen molar-refractivity contribution in [1.29, 1.82) is 0 Å². The molecule has 0 bridgehead atoms. The molecule has 0 saturated carbocycles. The number of nitrogens with one attached hydrogen (secondary N) is 1. The highest BCUT2D eigenvalue weighted by Crippen LogP contribution is 2.21. The van der Waals surface area contributed by atoms with Gasteiger partial charge in [-0.15, -0.1) is 0 Å². The van der Waals surface area contributed by atoms with E-state index in [0.29, 0.717) is 5.56 Å². The number of hydrogen-bond acceptors (Lipinski definition) is 3. The third-order valence-corrected chi connectivity index (χ3v) is 4.29. The van der Waals surface area contributed by atoms with Crippen LogP contribution in [0.25, 0.3) is 0 Å². The highest BCUT2D eigenvalue weighted by Gasteiger charge is 2.16. The van der Waals surface area contributed by atoms with E-state index in [1.165, 1.54) is 24.3 Å². The minimum Gasteiger partial charge on any atom is -0.481 e. The summed E-state index contributed by atoms with van der Waals surface area (Å²) in [6, 6.07) is 8.82. The van der Waals surface area contributed by atoms with Crippen molar-refractivity contribution in [3.8, 4) is 0 Å². The summed E-state index contributed by atoms with van der Waals surface area (Å²) in [4.78, 5) is 10.3. The molecular formula is C14H11ClFNO4S. The van der Waals surface area contributed by atoms with Gasteiger partial charge in [0.1, 0.15) is 5.82 Å². The lowest BCUT2D eigenvalue weighted by molar-refractivity contribution is -0.136. The third-order valence-electron chi connectivity index (χ3n) is 2.71. The summed E-state index contributed by atoms with van der Waals surface area (Å²) < 4.78 is 39.8. The normalized spacial score (nSPS) is 11.2. The minimum atomic E-state index is -3.99. The van der Waals surface area contributed by atoms with Gasteiger partial charge in [-0.25, -0.2) is 12.8 Å². The van der Waals surface area contributed by atoms with Crippen LogP contribution < -0.4 is 4.72 Å². The van der Waals surface area contributed by atoms with E-state index in [9.17, 15) is 17.6 Å².